The topological polar surface area (TPSA) is 84.6 Å². The molecule has 5 rings (SSSR count). The molecule has 1 fully saturated rings. The highest BCUT2D eigenvalue weighted by molar-refractivity contribution is 8.29. The molecule has 0 saturated carbocycles. The molecule has 1 aromatic heterocycles. The molecule has 3 heterocycles. The Hall–Kier alpha value is -2.42. The van der Waals surface area contributed by atoms with Crippen molar-refractivity contribution in [1.82, 2.24) is 4.98 Å². The molecule has 2 aromatic rings. The number of fused-ring (bicyclic) bond motifs is 1. The van der Waals surface area contributed by atoms with Gasteiger partial charge < -0.3 is 18.8 Å². The van der Waals surface area contributed by atoms with Crippen LogP contribution in [0.3, 0.4) is 0 Å². The summed E-state index contributed by atoms with van der Waals surface area (Å²) in [6.07, 6.45) is 3.66. The Morgan fingerprint density at radius 1 is 1.11 bits per heavy atom. The lowest BCUT2D eigenvalue weighted by Gasteiger charge is -2.49. The van der Waals surface area contributed by atoms with Crippen LogP contribution in [0.2, 0.25) is 0 Å². The fourth-order valence-corrected chi connectivity index (χ4v) is 7.74. The van der Waals surface area contributed by atoms with Gasteiger partial charge in [-0.25, -0.2) is 0 Å². The van der Waals surface area contributed by atoms with Crippen molar-refractivity contribution in [3.8, 4) is 6.07 Å². The van der Waals surface area contributed by atoms with Crippen LogP contribution in [0.4, 0.5) is 13.2 Å². The van der Waals surface area contributed by atoms with E-state index in [0.29, 0.717) is 51.3 Å². The summed E-state index contributed by atoms with van der Waals surface area (Å²) in [5, 5.41) is 22.0. The zero-order valence-electron chi connectivity index (χ0n) is 28.0. The summed E-state index contributed by atoms with van der Waals surface area (Å²) in [5.41, 5.74) is 3.77. The van der Waals surface area contributed by atoms with E-state index in [0.717, 1.165) is 47.0 Å². The van der Waals surface area contributed by atoms with Crippen LogP contribution in [0, 0.1) is 16.7 Å². The maximum absolute atomic E-state index is 13.8. The quantitative estimate of drug-likeness (QED) is 0.334. The number of aromatic nitrogens is 1. The van der Waals surface area contributed by atoms with Gasteiger partial charge in [-0.05, 0) is 78.9 Å². The molecule has 0 amide bonds. The molecule has 0 bridgehead atoms. The van der Waals surface area contributed by atoms with Gasteiger partial charge in [-0.1, -0.05) is 46.8 Å². The third-order valence-corrected chi connectivity index (χ3v) is 13.5. The number of benzene rings is 1. The highest BCUT2D eigenvalue weighted by atomic mass is 32.3. The molecule has 0 radical (unpaired) electrons. The van der Waals surface area contributed by atoms with Crippen LogP contribution < -0.4 is 0 Å². The Morgan fingerprint density at radius 2 is 1.80 bits per heavy atom. The standard InChI is InChI=1S/C36H47F3N2O4S/c1-34(2,3)46(6,7)45-28-20-35(4,5)19-27-30(28)29(22-10-14-43-15-11-22)31(32(41-27)23-12-16-44-17-13-23)33(42)24-8-9-26(36(37,38)39)25(18-24)21-40/h8-10,18,23,28,33,42H,11-17,19-20H2,1-7H3. The minimum Gasteiger partial charge on any atom is -0.384 e. The van der Waals surface area contributed by atoms with E-state index in [1.165, 1.54) is 12.1 Å². The van der Waals surface area contributed by atoms with Gasteiger partial charge in [0.15, 0.2) is 0 Å². The summed E-state index contributed by atoms with van der Waals surface area (Å²) >= 11 is 0. The number of nitrogens with zero attached hydrogens (tertiary/aromatic N) is 2. The molecule has 10 heteroatoms. The van der Waals surface area contributed by atoms with Crippen molar-refractivity contribution >= 4 is 15.9 Å². The van der Waals surface area contributed by atoms with Gasteiger partial charge in [-0.3, -0.25) is 4.98 Å². The molecule has 252 valence electrons. The van der Waals surface area contributed by atoms with E-state index in [2.05, 4.69) is 53.2 Å². The third-order valence-electron chi connectivity index (χ3n) is 9.87. The van der Waals surface area contributed by atoms with Crippen molar-refractivity contribution in [1.29, 1.82) is 5.26 Å². The first-order valence-corrected chi connectivity index (χ1v) is 18.4. The Labute approximate surface area is 272 Å². The maximum atomic E-state index is 13.8. The van der Waals surface area contributed by atoms with Crippen molar-refractivity contribution < 1.29 is 31.9 Å². The number of ether oxygens (including phenoxy) is 2. The second kappa shape index (κ2) is 12.9. The first kappa shape index (κ1) is 34.9. The van der Waals surface area contributed by atoms with Gasteiger partial charge in [0, 0.05) is 40.7 Å². The van der Waals surface area contributed by atoms with Crippen molar-refractivity contribution in [2.75, 3.05) is 38.9 Å². The Morgan fingerprint density at radius 3 is 2.39 bits per heavy atom. The van der Waals surface area contributed by atoms with E-state index in [1.807, 2.05) is 0 Å². The van der Waals surface area contributed by atoms with Crippen molar-refractivity contribution in [2.24, 2.45) is 5.41 Å². The predicted octanol–water partition coefficient (Wildman–Crippen LogP) is 8.56. The van der Waals surface area contributed by atoms with Crippen LogP contribution in [0.5, 0.6) is 0 Å². The van der Waals surface area contributed by atoms with Crippen LogP contribution >= 0.6 is 10.3 Å². The van der Waals surface area contributed by atoms with Gasteiger partial charge in [-0.15, -0.1) is 10.3 Å². The molecule has 46 heavy (non-hydrogen) atoms. The number of nitriles is 1. The Bertz CT molecular complexity index is 1530. The van der Waals surface area contributed by atoms with Gasteiger partial charge in [0.2, 0.25) is 0 Å². The molecular weight excluding hydrogens is 613 g/mol. The molecule has 2 atom stereocenters. The largest absolute Gasteiger partial charge is 0.417 e. The molecule has 6 nitrogen and oxygen atoms in total. The molecule has 0 spiro atoms. The second-order valence-electron chi connectivity index (χ2n) is 14.9. The molecule has 1 aliphatic carbocycles. The highest BCUT2D eigenvalue weighted by Gasteiger charge is 2.43. The monoisotopic (exact) mass is 660 g/mol. The van der Waals surface area contributed by atoms with Gasteiger partial charge in [0.05, 0.1) is 42.2 Å². The van der Waals surface area contributed by atoms with E-state index >= 15 is 0 Å². The summed E-state index contributed by atoms with van der Waals surface area (Å²) in [7, 11) is -1.57. The fraction of sp³-hybridized carbons (Fsp3) is 0.611. The van der Waals surface area contributed by atoms with Crippen LogP contribution in [-0.2, 0) is 26.3 Å². The van der Waals surface area contributed by atoms with E-state index < -0.39 is 33.7 Å². The zero-order chi connectivity index (χ0) is 33.7. The van der Waals surface area contributed by atoms with E-state index in [-0.39, 0.29) is 27.7 Å². The number of rotatable bonds is 6. The normalized spacial score (nSPS) is 22.0. The molecule has 1 aromatic carbocycles. The second-order valence-corrected chi connectivity index (χ2v) is 18.8. The molecule has 3 aliphatic rings. The number of hydrogen-bond acceptors (Lipinski definition) is 6. The van der Waals surface area contributed by atoms with Crippen molar-refractivity contribution in [3.63, 3.8) is 0 Å². The van der Waals surface area contributed by atoms with Gasteiger partial charge in [0.1, 0.15) is 6.10 Å². The van der Waals surface area contributed by atoms with Gasteiger partial charge >= 0.3 is 6.18 Å². The van der Waals surface area contributed by atoms with Crippen LogP contribution in [-0.4, -0.2) is 53.8 Å². The summed E-state index contributed by atoms with van der Waals surface area (Å²) in [6, 6.07) is 5.06. The minimum atomic E-state index is -4.69. The number of aliphatic hydroxyl groups is 1. The van der Waals surface area contributed by atoms with Gasteiger partial charge in [-0.2, -0.15) is 18.4 Å². The average molecular weight is 661 g/mol. The van der Waals surface area contributed by atoms with Crippen LogP contribution in [0.15, 0.2) is 24.3 Å². The van der Waals surface area contributed by atoms with E-state index in [4.69, 9.17) is 18.6 Å². The number of pyridine rings is 1. The fourth-order valence-electron chi connectivity index (χ4n) is 6.71. The maximum Gasteiger partial charge on any atom is 0.417 e. The first-order valence-electron chi connectivity index (χ1n) is 16.1. The van der Waals surface area contributed by atoms with Crippen LogP contribution in [0.25, 0.3) is 5.57 Å². The lowest BCUT2D eigenvalue weighted by Crippen LogP contribution is -2.34. The number of halogens is 3. The lowest BCUT2D eigenvalue weighted by molar-refractivity contribution is -0.137. The molecule has 1 saturated heterocycles. The molecular formula is C36H47F3N2O4S. The predicted molar refractivity (Wildman–Crippen MR) is 176 cm³/mol. The van der Waals surface area contributed by atoms with Crippen molar-refractivity contribution in [3.05, 3.63) is 69.0 Å². The number of alkyl halides is 3. The lowest BCUT2D eigenvalue weighted by atomic mass is 9.70. The minimum absolute atomic E-state index is 0.00572. The molecule has 2 unspecified atom stereocenters. The van der Waals surface area contributed by atoms with E-state index in [1.54, 1.807) is 6.07 Å². The first-order chi connectivity index (χ1) is 21.4. The Balaban J connectivity index is 1.82. The smallest absolute Gasteiger partial charge is 0.384 e. The Kier molecular flexibility index (Phi) is 9.78. The van der Waals surface area contributed by atoms with Crippen molar-refractivity contribution in [2.45, 2.75) is 95.8 Å². The summed E-state index contributed by atoms with van der Waals surface area (Å²) in [6.45, 7) is 13.1. The highest BCUT2D eigenvalue weighted by Crippen LogP contribution is 2.60. The van der Waals surface area contributed by atoms with E-state index in [9.17, 15) is 23.5 Å². The van der Waals surface area contributed by atoms with Gasteiger partial charge in [0.25, 0.3) is 0 Å². The van der Waals surface area contributed by atoms with Crippen LogP contribution in [0.1, 0.15) is 123 Å². The average Bonchev–Trinajstić information content (AvgIpc) is 2.98. The zero-order valence-corrected chi connectivity index (χ0v) is 28.8. The SMILES string of the molecule is CC1(C)Cc2nc(C3CCOCC3)c(C(O)c3ccc(C(F)(F)F)c(C#N)c3)c(C3=CCOCC3)c2C(OS(C)(C)C(C)(C)C)C1. The molecule has 1 N–H and O–H groups in total. The summed E-state index contributed by atoms with van der Waals surface area (Å²) in [5.74, 6) is -0.00572. The summed E-state index contributed by atoms with van der Waals surface area (Å²) in [4.78, 5) is 5.39. The number of aliphatic hydroxyl groups excluding tert-OH is 1. The number of hydrogen-bond donors (Lipinski definition) is 1. The third kappa shape index (κ3) is 7.05. The molecule has 2 aliphatic heterocycles. The summed E-state index contributed by atoms with van der Waals surface area (Å²) < 4.78 is 59.7.